The van der Waals surface area contributed by atoms with E-state index >= 15 is 0 Å². The SMILES string of the molecule is Cc1cc(=O)[nH]cc1C(=O)NCC(O)CC(C)C. The van der Waals surface area contributed by atoms with Crippen LogP contribution in [0.4, 0.5) is 0 Å². The number of hydrogen-bond donors (Lipinski definition) is 3. The van der Waals surface area contributed by atoms with Crippen LogP contribution in [0.1, 0.15) is 36.2 Å². The summed E-state index contributed by atoms with van der Waals surface area (Å²) < 4.78 is 0. The van der Waals surface area contributed by atoms with Crippen LogP contribution in [0.5, 0.6) is 0 Å². The lowest BCUT2D eigenvalue weighted by Crippen LogP contribution is -2.33. The minimum absolute atomic E-state index is 0.218. The van der Waals surface area contributed by atoms with Crippen molar-refractivity contribution in [1.82, 2.24) is 10.3 Å². The van der Waals surface area contributed by atoms with E-state index < -0.39 is 6.10 Å². The molecule has 1 heterocycles. The van der Waals surface area contributed by atoms with Gasteiger partial charge in [-0.05, 0) is 24.8 Å². The zero-order chi connectivity index (χ0) is 13.7. The molecule has 0 aliphatic heterocycles. The molecule has 0 fully saturated rings. The molecule has 1 rings (SSSR count). The number of rotatable bonds is 5. The Labute approximate surface area is 106 Å². The number of nitrogens with one attached hydrogen (secondary N) is 2. The molecule has 0 spiro atoms. The molecule has 18 heavy (non-hydrogen) atoms. The van der Waals surface area contributed by atoms with Gasteiger partial charge >= 0.3 is 0 Å². The van der Waals surface area contributed by atoms with Crippen LogP contribution >= 0.6 is 0 Å². The van der Waals surface area contributed by atoms with Gasteiger partial charge in [0.2, 0.25) is 5.56 Å². The molecule has 3 N–H and O–H groups in total. The van der Waals surface area contributed by atoms with Crippen LogP contribution in [0.15, 0.2) is 17.1 Å². The number of hydrogen-bond acceptors (Lipinski definition) is 3. The highest BCUT2D eigenvalue weighted by molar-refractivity contribution is 5.95. The van der Waals surface area contributed by atoms with Gasteiger partial charge < -0.3 is 15.4 Å². The maximum atomic E-state index is 11.8. The molecule has 1 amide bonds. The van der Waals surface area contributed by atoms with E-state index in [2.05, 4.69) is 10.3 Å². The second-order valence-corrected chi connectivity index (χ2v) is 4.89. The van der Waals surface area contributed by atoms with Gasteiger partial charge in [-0.25, -0.2) is 0 Å². The highest BCUT2D eigenvalue weighted by atomic mass is 16.3. The highest BCUT2D eigenvalue weighted by Gasteiger charge is 2.12. The number of carbonyl (C=O) groups excluding carboxylic acids is 1. The summed E-state index contributed by atoms with van der Waals surface area (Å²) >= 11 is 0. The molecular weight excluding hydrogens is 232 g/mol. The van der Waals surface area contributed by atoms with Crippen molar-refractivity contribution in [1.29, 1.82) is 0 Å². The molecule has 0 bridgehead atoms. The standard InChI is InChI=1S/C13H20N2O3/c1-8(2)4-10(16)6-15-13(18)11-7-14-12(17)5-9(11)3/h5,7-8,10,16H,4,6H2,1-3H3,(H,14,17)(H,15,18). The first-order valence-electron chi connectivity index (χ1n) is 6.05. The zero-order valence-electron chi connectivity index (χ0n) is 11.0. The number of aliphatic hydroxyl groups is 1. The number of amides is 1. The predicted octanol–water partition coefficient (Wildman–Crippen LogP) is 0.820. The summed E-state index contributed by atoms with van der Waals surface area (Å²) in [6.07, 6.45) is 1.49. The van der Waals surface area contributed by atoms with Crippen molar-refractivity contribution >= 4 is 5.91 Å². The van der Waals surface area contributed by atoms with Gasteiger partial charge in [0, 0.05) is 18.8 Å². The minimum atomic E-state index is -0.544. The number of H-pyrrole nitrogens is 1. The van der Waals surface area contributed by atoms with Crippen molar-refractivity contribution in [3.8, 4) is 0 Å². The van der Waals surface area contributed by atoms with Gasteiger partial charge in [0.05, 0.1) is 11.7 Å². The first kappa shape index (κ1) is 14.4. The van der Waals surface area contributed by atoms with Crippen LogP contribution < -0.4 is 10.9 Å². The molecule has 0 aromatic carbocycles. The summed E-state index contributed by atoms with van der Waals surface area (Å²) in [6.45, 7) is 5.94. The molecule has 0 radical (unpaired) electrons. The largest absolute Gasteiger partial charge is 0.391 e. The van der Waals surface area contributed by atoms with Crippen LogP contribution in [-0.2, 0) is 0 Å². The second kappa shape index (κ2) is 6.35. The Morgan fingerprint density at radius 1 is 1.50 bits per heavy atom. The van der Waals surface area contributed by atoms with Crippen molar-refractivity contribution in [3.05, 3.63) is 33.7 Å². The maximum absolute atomic E-state index is 11.8. The smallest absolute Gasteiger partial charge is 0.253 e. The van der Waals surface area contributed by atoms with Crippen molar-refractivity contribution in [3.63, 3.8) is 0 Å². The molecule has 5 heteroatoms. The maximum Gasteiger partial charge on any atom is 0.253 e. The normalized spacial score (nSPS) is 12.5. The van der Waals surface area contributed by atoms with Crippen molar-refractivity contribution in [2.75, 3.05) is 6.54 Å². The second-order valence-electron chi connectivity index (χ2n) is 4.89. The number of aromatic amines is 1. The Bertz CT molecular complexity index is 466. The number of aryl methyl sites for hydroxylation is 1. The number of aliphatic hydroxyl groups excluding tert-OH is 1. The van der Waals surface area contributed by atoms with Gasteiger partial charge in [-0.15, -0.1) is 0 Å². The Morgan fingerprint density at radius 3 is 2.72 bits per heavy atom. The first-order valence-corrected chi connectivity index (χ1v) is 6.05. The number of carbonyl (C=O) groups is 1. The molecule has 1 aromatic heterocycles. The van der Waals surface area contributed by atoms with E-state index in [1.165, 1.54) is 12.3 Å². The molecule has 0 aliphatic rings. The summed E-state index contributed by atoms with van der Waals surface area (Å²) in [5.41, 5.74) is 0.810. The van der Waals surface area contributed by atoms with Crippen molar-refractivity contribution in [2.24, 2.45) is 5.92 Å². The van der Waals surface area contributed by atoms with E-state index in [0.29, 0.717) is 23.5 Å². The Hall–Kier alpha value is -1.62. The Balaban J connectivity index is 2.58. The van der Waals surface area contributed by atoms with E-state index in [9.17, 15) is 14.7 Å². The summed E-state index contributed by atoms with van der Waals surface area (Å²) in [4.78, 5) is 25.3. The fourth-order valence-corrected chi connectivity index (χ4v) is 1.75. The van der Waals surface area contributed by atoms with Crippen LogP contribution in [-0.4, -0.2) is 28.6 Å². The number of pyridine rings is 1. The highest BCUT2D eigenvalue weighted by Crippen LogP contribution is 2.05. The molecule has 1 aromatic rings. The van der Waals surface area contributed by atoms with E-state index in [4.69, 9.17) is 0 Å². The average Bonchev–Trinajstić information content (AvgIpc) is 2.25. The van der Waals surface area contributed by atoms with E-state index in [-0.39, 0.29) is 18.0 Å². The molecule has 0 aliphatic carbocycles. The molecular formula is C13H20N2O3. The molecule has 1 atom stereocenters. The summed E-state index contributed by atoms with van der Waals surface area (Å²) in [5, 5.41) is 12.3. The van der Waals surface area contributed by atoms with E-state index in [1.807, 2.05) is 13.8 Å². The van der Waals surface area contributed by atoms with Crippen molar-refractivity contribution in [2.45, 2.75) is 33.3 Å². The van der Waals surface area contributed by atoms with Gasteiger partial charge in [0.25, 0.3) is 5.91 Å². The fraction of sp³-hybridized carbons (Fsp3) is 0.538. The van der Waals surface area contributed by atoms with Crippen LogP contribution in [0.25, 0.3) is 0 Å². The van der Waals surface area contributed by atoms with Gasteiger partial charge in [-0.1, -0.05) is 13.8 Å². The van der Waals surface area contributed by atoms with Crippen LogP contribution in [0.3, 0.4) is 0 Å². The van der Waals surface area contributed by atoms with Gasteiger partial charge in [0.1, 0.15) is 0 Å². The molecule has 0 saturated heterocycles. The quantitative estimate of drug-likeness (QED) is 0.725. The summed E-state index contributed by atoms with van der Waals surface area (Å²) in [5.74, 6) is 0.0956. The molecule has 5 nitrogen and oxygen atoms in total. The molecule has 100 valence electrons. The van der Waals surface area contributed by atoms with Crippen molar-refractivity contribution < 1.29 is 9.90 Å². The van der Waals surface area contributed by atoms with Crippen LogP contribution in [0.2, 0.25) is 0 Å². The summed E-state index contributed by atoms with van der Waals surface area (Å²) in [6, 6.07) is 1.37. The topological polar surface area (TPSA) is 82.2 Å². The van der Waals surface area contributed by atoms with E-state index in [1.54, 1.807) is 6.92 Å². The average molecular weight is 252 g/mol. The third-order valence-electron chi connectivity index (χ3n) is 2.62. The summed E-state index contributed by atoms with van der Waals surface area (Å²) in [7, 11) is 0. The third-order valence-corrected chi connectivity index (χ3v) is 2.62. The van der Waals surface area contributed by atoms with Crippen LogP contribution in [0, 0.1) is 12.8 Å². The van der Waals surface area contributed by atoms with Gasteiger partial charge in [-0.3, -0.25) is 9.59 Å². The monoisotopic (exact) mass is 252 g/mol. The van der Waals surface area contributed by atoms with E-state index in [0.717, 1.165) is 0 Å². The first-order chi connectivity index (χ1) is 8.40. The number of aromatic nitrogens is 1. The lowest BCUT2D eigenvalue weighted by molar-refractivity contribution is 0.0899. The van der Waals surface area contributed by atoms with Gasteiger partial charge in [0.15, 0.2) is 0 Å². The fourth-order valence-electron chi connectivity index (χ4n) is 1.75. The Morgan fingerprint density at radius 2 is 2.17 bits per heavy atom. The predicted molar refractivity (Wildman–Crippen MR) is 69.6 cm³/mol. The van der Waals surface area contributed by atoms with Gasteiger partial charge in [-0.2, -0.15) is 0 Å². The minimum Gasteiger partial charge on any atom is -0.391 e. The Kier molecular flexibility index (Phi) is 5.09. The third kappa shape index (κ3) is 4.33. The molecule has 1 unspecified atom stereocenters. The molecule has 0 saturated carbocycles. The lowest BCUT2D eigenvalue weighted by atomic mass is 10.1. The zero-order valence-corrected chi connectivity index (χ0v) is 11.0. The lowest BCUT2D eigenvalue weighted by Gasteiger charge is -2.14.